The van der Waals surface area contributed by atoms with Crippen LogP contribution in [-0.4, -0.2) is 30.6 Å². The number of carbonyl (C=O) groups is 1. The molecule has 0 radical (unpaired) electrons. The molecule has 2 aliphatic rings. The van der Waals surface area contributed by atoms with Crippen LogP contribution in [0.4, 0.5) is 4.79 Å². The van der Waals surface area contributed by atoms with Crippen molar-refractivity contribution in [3.05, 3.63) is 47.8 Å². The standard InChI is InChI=1S/C20H27N3O3/c24-20(22-16-6-4-7-18-15(16)9-13-26-18)21-14-17(19-8-5-12-25-19)23-10-2-1-3-11-23/h5,8-9,12-13,16-17H,1-4,6-7,10-11,14H2,(H2,21,22,24). The topological polar surface area (TPSA) is 70.7 Å². The van der Waals surface area contributed by atoms with Gasteiger partial charge in [0.15, 0.2) is 0 Å². The summed E-state index contributed by atoms with van der Waals surface area (Å²) in [5.41, 5.74) is 1.12. The molecule has 3 heterocycles. The first-order chi connectivity index (χ1) is 12.8. The number of rotatable bonds is 5. The molecule has 2 aromatic rings. The number of carbonyl (C=O) groups excluding carboxylic acids is 1. The monoisotopic (exact) mass is 357 g/mol. The first-order valence-corrected chi connectivity index (χ1v) is 9.69. The van der Waals surface area contributed by atoms with Crippen LogP contribution >= 0.6 is 0 Å². The molecule has 1 saturated heterocycles. The van der Waals surface area contributed by atoms with Gasteiger partial charge >= 0.3 is 6.03 Å². The maximum Gasteiger partial charge on any atom is 0.315 e. The van der Waals surface area contributed by atoms with Crippen molar-refractivity contribution in [3.63, 3.8) is 0 Å². The van der Waals surface area contributed by atoms with E-state index >= 15 is 0 Å². The van der Waals surface area contributed by atoms with Crippen LogP contribution in [0.25, 0.3) is 0 Å². The Morgan fingerprint density at radius 1 is 1.15 bits per heavy atom. The smallest absolute Gasteiger partial charge is 0.315 e. The lowest BCUT2D eigenvalue weighted by Crippen LogP contribution is -2.44. The van der Waals surface area contributed by atoms with Crippen LogP contribution in [0.15, 0.2) is 39.6 Å². The van der Waals surface area contributed by atoms with Gasteiger partial charge in [-0.05, 0) is 57.0 Å². The number of nitrogens with one attached hydrogen (secondary N) is 2. The highest BCUT2D eigenvalue weighted by Gasteiger charge is 2.27. The zero-order chi connectivity index (χ0) is 17.8. The molecular formula is C20H27N3O3. The highest BCUT2D eigenvalue weighted by Crippen LogP contribution is 2.30. The van der Waals surface area contributed by atoms with E-state index in [4.69, 9.17) is 8.83 Å². The molecule has 26 heavy (non-hydrogen) atoms. The number of piperidine rings is 1. The van der Waals surface area contributed by atoms with Crippen LogP contribution in [0.3, 0.4) is 0 Å². The Morgan fingerprint density at radius 3 is 2.85 bits per heavy atom. The Kier molecular flexibility index (Phi) is 5.29. The quantitative estimate of drug-likeness (QED) is 0.854. The minimum Gasteiger partial charge on any atom is -0.469 e. The third-order valence-electron chi connectivity index (χ3n) is 5.52. The molecule has 0 spiro atoms. The summed E-state index contributed by atoms with van der Waals surface area (Å²) in [7, 11) is 0. The van der Waals surface area contributed by atoms with Crippen LogP contribution in [0.2, 0.25) is 0 Å². The summed E-state index contributed by atoms with van der Waals surface area (Å²) in [6, 6.07) is 5.88. The number of amides is 2. The number of aryl methyl sites for hydroxylation is 1. The third-order valence-corrected chi connectivity index (χ3v) is 5.52. The van der Waals surface area contributed by atoms with E-state index in [0.29, 0.717) is 6.54 Å². The van der Waals surface area contributed by atoms with Gasteiger partial charge in [0.1, 0.15) is 11.5 Å². The van der Waals surface area contributed by atoms with E-state index < -0.39 is 0 Å². The molecule has 6 heteroatoms. The molecule has 140 valence electrons. The Morgan fingerprint density at radius 2 is 2.04 bits per heavy atom. The third kappa shape index (κ3) is 3.80. The van der Waals surface area contributed by atoms with Crippen molar-refractivity contribution >= 4 is 6.03 Å². The van der Waals surface area contributed by atoms with E-state index in [2.05, 4.69) is 15.5 Å². The molecule has 1 aliphatic carbocycles. The van der Waals surface area contributed by atoms with Gasteiger partial charge in [0.2, 0.25) is 0 Å². The number of urea groups is 1. The van der Waals surface area contributed by atoms with Crippen molar-refractivity contribution in [3.8, 4) is 0 Å². The van der Waals surface area contributed by atoms with Crippen molar-refractivity contribution < 1.29 is 13.6 Å². The summed E-state index contributed by atoms with van der Waals surface area (Å²) >= 11 is 0. The van der Waals surface area contributed by atoms with E-state index in [0.717, 1.165) is 49.4 Å². The van der Waals surface area contributed by atoms with Gasteiger partial charge in [-0.2, -0.15) is 0 Å². The Labute approximate surface area is 153 Å². The van der Waals surface area contributed by atoms with Gasteiger partial charge in [-0.15, -0.1) is 0 Å². The summed E-state index contributed by atoms with van der Waals surface area (Å²) in [4.78, 5) is 14.9. The van der Waals surface area contributed by atoms with Gasteiger partial charge in [0.25, 0.3) is 0 Å². The zero-order valence-electron chi connectivity index (χ0n) is 15.1. The average molecular weight is 357 g/mol. The summed E-state index contributed by atoms with van der Waals surface area (Å²) in [6.45, 7) is 2.65. The first kappa shape index (κ1) is 17.2. The first-order valence-electron chi connectivity index (χ1n) is 9.69. The van der Waals surface area contributed by atoms with E-state index in [1.807, 2.05) is 18.2 Å². The number of fused-ring (bicyclic) bond motifs is 1. The van der Waals surface area contributed by atoms with Gasteiger partial charge in [-0.1, -0.05) is 6.42 Å². The maximum atomic E-state index is 12.5. The van der Waals surface area contributed by atoms with Crippen LogP contribution in [0.1, 0.15) is 61.3 Å². The van der Waals surface area contributed by atoms with Crippen LogP contribution in [-0.2, 0) is 6.42 Å². The normalized spacial score (nSPS) is 21.8. The molecule has 4 rings (SSSR count). The summed E-state index contributed by atoms with van der Waals surface area (Å²) in [6.07, 6.45) is 10.0. The average Bonchev–Trinajstić information content (AvgIpc) is 3.35. The van der Waals surface area contributed by atoms with Gasteiger partial charge in [-0.3, -0.25) is 4.90 Å². The molecule has 2 N–H and O–H groups in total. The van der Waals surface area contributed by atoms with Crippen molar-refractivity contribution in [1.29, 1.82) is 0 Å². The Bertz CT molecular complexity index is 704. The van der Waals surface area contributed by atoms with E-state index in [1.165, 1.54) is 19.3 Å². The fraction of sp³-hybridized carbons (Fsp3) is 0.550. The number of furan rings is 2. The van der Waals surface area contributed by atoms with Crippen molar-refractivity contribution in [2.75, 3.05) is 19.6 Å². The maximum absolute atomic E-state index is 12.5. The second-order valence-electron chi connectivity index (χ2n) is 7.23. The summed E-state index contributed by atoms with van der Waals surface area (Å²) in [5.74, 6) is 1.92. The highest BCUT2D eigenvalue weighted by atomic mass is 16.3. The van der Waals surface area contributed by atoms with Crippen LogP contribution < -0.4 is 10.6 Å². The zero-order valence-corrected chi connectivity index (χ0v) is 15.1. The number of hydrogen-bond acceptors (Lipinski definition) is 4. The molecule has 1 aliphatic heterocycles. The van der Waals surface area contributed by atoms with Crippen LogP contribution in [0.5, 0.6) is 0 Å². The molecule has 2 unspecified atom stereocenters. The molecule has 2 aromatic heterocycles. The number of likely N-dealkylation sites (tertiary alicyclic amines) is 1. The largest absolute Gasteiger partial charge is 0.469 e. The Balaban J connectivity index is 1.36. The van der Waals surface area contributed by atoms with Crippen molar-refractivity contribution in [1.82, 2.24) is 15.5 Å². The molecular weight excluding hydrogens is 330 g/mol. The van der Waals surface area contributed by atoms with E-state index in [-0.39, 0.29) is 18.1 Å². The molecule has 1 fully saturated rings. The number of nitrogens with zero attached hydrogens (tertiary/aromatic N) is 1. The van der Waals surface area contributed by atoms with Gasteiger partial charge in [0, 0.05) is 18.5 Å². The minimum atomic E-state index is -0.127. The number of hydrogen-bond donors (Lipinski definition) is 2. The molecule has 2 atom stereocenters. The Hall–Kier alpha value is -2.21. The molecule has 0 saturated carbocycles. The van der Waals surface area contributed by atoms with Gasteiger partial charge < -0.3 is 19.5 Å². The van der Waals surface area contributed by atoms with Crippen LogP contribution in [0, 0.1) is 0 Å². The lowest BCUT2D eigenvalue weighted by Gasteiger charge is -2.33. The van der Waals surface area contributed by atoms with E-state index in [1.54, 1.807) is 12.5 Å². The fourth-order valence-electron chi connectivity index (χ4n) is 4.16. The lowest BCUT2D eigenvalue weighted by atomic mass is 9.93. The molecule has 0 bridgehead atoms. The van der Waals surface area contributed by atoms with E-state index in [9.17, 15) is 4.79 Å². The molecule has 0 aromatic carbocycles. The fourth-order valence-corrected chi connectivity index (χ4v) is 4.16. The summed E-state index contributed by atoms with van der Waals surface area (Å²) < 4.78 is 11.1. The van der Waals surface area contributed by atoms with Crippen molar-refractivity contribution in [2.45, 2.75) is 50.6 Å². The highest BCUT2D eigenvalue weighted by molar-refractivity contribution is 5.74. The molecule has 2 amide bonds. The predicted octanol–water partition coefficient (Wildman–Crippen LogP) is 3.78. The second kappa shape index (κ2) is 7.99. The second-order valence-corrected chi connectivity index (χ2v) is 7.23. The summed E-state index contributed by atoms with van der Waals surface area (Å²) in [5, 5.41) is 6.16. The van der Waals surface area contributed by atoms with Gasteiger partial charge in [0.05, 0.1) is 24.6 Å². The lowest BCUT2D eigenvalue weighted by molar-refractivity contribution is 0.143. The minimum absolute atomic E-state index is 0.0366. The van der Waals surface area contributed by atoms with Gasteiger partial charge in [-0.25, -0.2) is 4.79 Å². The predicted molar refractivity (Wildman–Crippen MR) is 97.8 cm³/mol. The molecule has 6 nitrogen and oxygen atoms in total. The SMILES string of the molecule is O=C(NCC(c1ccco1)N1CCCCC1)NC1CCCc2occc21. The van der Waals surface area contributed by atoms with Crippen molar-refractivity contribution in [2.24, 2.45) is 0 Å².